The molecule has 4 amide bonds. The number of carbonyl (C=O) groups excluding carboxylic acids is 4. The number of nitrogens with zero attached hydrogens (tertiary/aromatic N) is 5. The molecule has 65 heavy (non-hydrogen) atoms. The van der Waals surface area contributed by atoms with Gasteiger partial charge in [-0.2, -0.15) is 0 Å². The maximum atomic E-state index is 14.9. The predicted octanol–water partition coefficient (Wildman–Crippen LogP) is 5.59. The van der Waals surface area contributed by atoms with Crippen LogP contribution in [0.15, 0.2) is 54.7 Å². The Morgan fingerprint density at radius 3 is 2.62 bits per heavy atom. The Labute approximate surface area is 381 Å². The summed E-state index contributed by atoms with van der Waals surface area (Å²) < 4.78 is 28.2. The summed E-state index contributed by atoms with van der Waals surface area (Å²) in [6, 6.07) is 14.6. The molecule has 2 saturated heterocycles. The van der Waals surface area contributed by atoms with Gasteiger partial charge in [0.2, 0.25) is 17.7 Å². The number of fused-ring (bicyclic) bond motifs is 11. The van der Waals surface area contributed by atoms with Crippen molar-refractivity contribution in [3.05, 3.63) is 71.5 Å². The largest absolute Gasteiger partial charge is 0.492 e. The highest BCUT2D eigenvalue weighted by molar-refractivity contribution is 5.97. The molecule has 7 atom stereocenters. The van der Waals surface area contributed by atoms with Crippen LogP contribution in [0.1, 0.15) is 89.6 Å². The van der Waals surface area contributed by atoms with Gasteiger partial charge >= 0.3 is 0 Å². The average molecular weight is 890 g/mol. The fourth-order valence-corrected chi connectivity index (χ4v) is 10.9. The van der Waals surface area contributed by atoms with Crippen molar-refractivity contribution in [3.63, 3.8) is 0 Å². The number of hydrogen-bond donors (Lipinski definition) is 2. The molecule has 1 aliphatic carbocycles. The highest BCUT2D eigenvalue weighted by atomic mass is 16.8. The van der Waals surface area contributed by atoms with E-state index in [9.17, 15) is 19.2 Å². The number of epoxide rings is 1. The summed E-state index contributed by atoms with van der Waals surface area (Å²) >= 11 is 0. The SMILES string of the molecule is CCn1c2c3c4cc(ccc41)-c1cc4cc(c1)OCCN(C(C)=O)CCC(=O)N(C)[C@@H](C(C)C)C(=O)N[C@@H](C4)C(=O)N1CCC[C@H](N1)C1OC1OCC(C)(C)C3[C@H](OC)c1ncccc1-2. The van der Waals surface area contributed by atoms with Crippen LogP contribution in [0.25, 0.3) is 33.3 Å². The molecule has 346 valence electrons. The van der Waals surface area contributed by atoms with Gasteiger partial charge in [0.05, 0.1) is 30.6 Å². The topological polar surface area (TPSA) is 160 Å². The quantitative estimate of drug-likeness (QED) is 0.248. The van der Waals surface area contributed by atoms with Gasteiger partial charge in [-0.1, -0.05) is 39.8 Å². The van der Waals surface area contributed by atoms with Gasteiger partial charge in [0.15, 0.2) is 6.29 Å². The summed E-state index contributed by atoms with van der Waals surface area (Å²) in [4.78, 5) is 63.9. The first-order valence-corrected chi connectivity index (χ1v) is 23.3. The molecule has 0 saturated carbocycles. The zero-order chi connectivity index (χ0) is 45.9. The molecule has 15 heteroatoms. The van der Waals surface area contributed by atoms with Gasteiger partial charge in [0, 0.05) is 82.1 Å². The highest BCUT2D eigenvalue weighted by Gasteiger charge is 2.51. The lowest BCUT2D eigenvalue weighted by atomic mass is 9.67. The van der Waals surface area contributed by atoms with E-state index < -0.39 is 29.7 Å². The van der Waals surface area contributed by atoms with Gasteiger partial charge in [0.1, 0.15) is 36.6 Å². The van der Waals surface area contributed by atoms with Crippen molar-refractivity contribution in [1.29, 1.82) is 0 Å². The molecule has 2 N–H and O–H groups in total. The molecular formula is C50H63N7O8. The number of benzene rings is 2. The van der Waals surface area contributed by atoms with E-state index in [2.05, 4.69) is 66.4 Å². The van der Waals surface area contributed by atoms with Crippen molar-refractivity contribution in [1.82, 2.24) is 35.1 Å². The van der Waals surface area contributed by atoms with E-state index >= 15 is 0 Å². The van der Waals surface area contributed by atoms with Gasteiger partial charge in [-0.15, -0.1) is 0 Å². The molecule has 8 bridgehead atoms. The summed E-state index contributed by atoms with van der Waals surface area (Å²) in [5.41, 5.74) is 10.9. The van der Waals surface area contributed by atoms with E-state index in [4.69, 9.17) is 23.9 Å². The number of likely N-dealkylation sites (N-methyl/N-ethyl adjacent to an activating group) is 1. The summed E-state index contributed by atoms with van der Waals surface area (Å²) in [6.45, 7) is 14.0. The molecule has 4 aliphatic heterocycles. The maximum absolute atomic E-state index is 14.9. The normalized spacial score (nSPS) is 27.2. The van der Waals surface area contributed by atoms with Crippen LogP contribution in [0, 0.1) is 11.3 Å². The monoisotopic (exact) mass is 889 g/mol. The summed E-state index contributed by atoms with van der Waals surface area (Å²) in [7, 11) is 3.37. The minimum atomic E-state index is -0.994. The number of amides is 4. The summed E-state index contributed by atoms with van der Waals surface area (Å²) in [6.07, 6.45) is 2.41. The Balaban J connectivity index is 1.23. The summed E-state index contributed by atoms with van der Waals surface area (Å²) in [5, 5.41) is 5.83. The Morgan fingerprint density at radius 2 is 1.86 bits per heavy atom. The zero-order valence-corrected chi connectivity index (χ0v) is 38.9. The first-order chi connectivity index (χ1) is 31.2. The van der Waals surface area contributed by atoms with Crippen molar-refractivity contribution in [2.24, 2.45) is 11.3 Å². The average Bonchev–Trinajstić information content (AvgIpc) is 4.00. The lowest BCUT2D eigenvalue weighted by molar-refractivity contribution is -0.145. The number of ether oxygens (including phenoxy) is 4. The number of hydrogen-bond acceptors (Lipinski definition) is 10. The number of carbonyl (C=O) groups is 4. The molecule has 5 aliphatic rings. The molecule has 2 aromatic heterocycles. The van der Waals surface area contributed by atoms with E-state index in [1.807, 2.05) is 38.2 Å². The maximum Gasteiger partial charge on any atom is 0.259 e. The third-order valence-electron chi connectivity index (χ3n) is 14.2. The standard InChI is InChI=1S/C50H63N7O8/c1-9-56-38-15-14-31-26-35(38)40-41(46(62-8)42-34(44(40)56)12-10-17-51-42)50(5,6)27-64-49-45(65-49)36-13-11-18-57(53-36)48(61)37-24-30-22-32(31)25-33(23-30)63-21-20-55(29(4)58)19-16-39(59)54(7)43(28(2)3)47(60)52-37/h10,12,14-15,17,22-23,25-26,28,36-37,41,43,45-46,49,53H,9,11,13,16,18-21,24,27H2,1-8H3,(H,52,60)/t36-,37-,41?,43-,45?,46-,49?/m0/s1. The smallest absolute Gasteiger partial charge is 0.259 e. The van der Waals surface area contributed by atoms with Crippen molar-refractivity contribution in [2.75, 3.05) is 47.0 Å². The minimum Gasteiger partial charge on any atom is -0.492 e. The van der Waals surface area contributed by atoms with E-state index in [-0.39, 0.29) is 80.3 Å². The third kappa shape index (κ3) is 8.40. The number of hydrazine groups is 1. The fraction of sp³-hybridized carbons (Fsp3) is 0.540. The van der Waals surface area contributed by atoms with Crippen LogP contribution in [0.2, 0.25) is 0 Å². The van der Waals surface area contributed by atoms with Crippen molar-refractivity contribution in [2.45, 2.75) is 116 Å². The van der Waals surface area contributed by atoms with Gasteiger partial charge in [-0.25, -0.2) is 5.43 Å². The predicted molar refractivity (Wildman–Crippen MR) is 244 cm³/mol. The van der Waals surface area contributed by atoms with Crippen LogP contribution in [0.5, 0.6) is 5.75 Å². The number of aryl methyl sites for hydroxylation is 1. The molecule has 0 spiro atoms. The molecular weight excluding hydrogens is 827 g/mol. The molecule has 3 unspecified atom stereocenters. The van der Waals surface area contributed by atoms with Crippen molar-refractivity contribution < 1.29 is 38.1 Å². The molecule has 2 fully saturated rings. The third-order valence-corrected chi connectivity index (χ3v) is 14.2. The first kappa shape index (κ1) is 44.8. The second-order valence-corrected chi connectivity index (χ2v) is 19.4. The molecule has 15 nitrogen and oxygen atoms in total. The Kier molecular flexibility index (Phi) is 12.3. The summed E-state index contributed by atoms with van der Waals surface area (Å²) in [5.74, 6) is -1.04. The molecule has 6 heterocycles. The molecule has 0 radical (unpaired) electrons. The van der Waals surface area contributed by atoms with Gasteiger partial charge in [-0.3, -0.25) is 29.2 Å². The second kappa shape index (κ2) is 17.8. The number of rotatable bonds is 3. The first-order valence-electron chi connectivity index (χ1n) is 23.3. The fourth-order valence-electron chi connectivity index (χ4n) is 10.9. The van der Waals surface area contributed by atoms with Crippen molar-refractivity contribution in [3.8, 4) is 28.1 Å². The van der Waals surface area contributed by atoms with Crippen LogP contribution >= 0.6 is 0 Å². The van der Waals surface area contributed by atoms with Crippen LogP contribution in [-0.4, -0.2) is 126 Å². The number of aromatic nitrogens is 2. The lowest BCUT2D eigenvalue weighted by Crippen LogP contribution is -2.61. The van der Waals surface area contributed by atoms with Crippen molar-refractivity contribution >= 4 is 34.5 Å². The molecule has 2 aromatic carbocycles. The number of pyridine rings is 1. The molecule has 4 aromatic rings. The van der Waals surface area contributed by atoms with E-state index in [0.29, 0.717) is 18.9 Å². The van der Waals surface area contributed by atoms with Gasteiger partial charge < -0.3 is 38.6 Å². The van der Waals surface area contributed by atoms with Gasteiger partial charge in [0.25, 0.3) is 5.91 Å². The zero-order valence-electron chi connectivity index (χ0n) is 38.9. The van der Waals surface area contributed by atoms with E-state index in [1.165, 1.54) is 17.4 Å². The van der Waals surface area contributed by atoms with Crippen LogP contribution in [0.4, 0.5) is 0 Å². The Hall–Kier alpha value is -5.35. The lowest BCUT2D eigenvalue weighted by Gasteiger charge is -2.42. The number of nitrogens with one attached hydrogen (secondary N) is 2. The number of methoxy groups -OCH3 is 1. The van der Waals surface area contributed by atoms with Gasteiger partial charge in [-0.05, 0) is 89.8 Å². The highest BCUT2D eigenvalue weighted by Crippen LogP contribution is 2.57. The van der Waals surface area contributed by atoms with E-state index in [0.717, 1.165) is 63.9 Å². The van der Waals surface area contributed by atoms with E-state index in [1.54, 1.807) is 24.1 Å². The van der Waals surface area contributed by atoms with Crippen LogP contribution < -0.4 is 15.5 Å². The second-order valence-electron chi connectivity index (χ2n) is 19.4. The molecule has 9 rings (SSSR count). The Bertz CT molecular complexity index is 2500. The van der Waals surface area contributed by atoms with Crippen LogP contribution in [-0.2, 0) is 46.4 Å². The van der Waals surface area contributed by atoms with Crippen LogP contribution in [0.3, 0.4) is 0 Å². The Morgan fingerprint density at radius 1 is 1.05 bits per heavy atom. The minimum absolute atomic E-state index is 0.0266.